The predicted octanol–water partition coefficient (Wildman–Crippen LogP) is 2.92. The summed E-state index contributed by atoms with van der Waals surface area (Å²) in [7, 11) is 1.66. The van der Waals surface area contributed by atoms with Crippen molar-refractivity contribution >= 4 is 22.6 Å². The van der Waals surface area contributed by atoms with Crippen LogP contribution in [0, 0.1) is 12.3 Å². The Morgan fingerprint density at radius 1 is 1.75 bits per heavy atom. The van der Waals surface area contributed by atoms with Gasteiger partial charge in [0.25, 0.3) is 0 Å². The molecule has 0 aliphatic rings. The molecule has 0 heterocycles. The molecule has 1 nitrogen and oxygen atoms in total. The highest BCUT2D eigenvalue weighted by Crippen LogP contribution is 2.03. The molecule has 1 atom stereocenters. The number of allylic oxidation sites excluding steroid dienone is 2. The highest BCUT2D eigenvalue weighted by atomic mass is 127. The van der Waals surface area contributed by atoms with Crippen molar-refractivity contribution < 1.29 is 4.74 Å². The van der Waals surface area contributed by atoms with E-state index in [4.69, 9.17) is 11.2 Å². The SMILES string of the molecule is C#CC[C@H](/C=C/C(C)=C/I)OC. The van der Waals surface area contributed by atoms with Crippen LogP contribution in [-0.2, 0) is 4.74 Å². The van der Waals surface area contributed by atoms with Crippen LogP contribution in [0.15, 0.2) is 21.8 Å². The monoisotopic (exact) mass is 276 g/mol. The zero-order valence-corrected chi connectivity index (χ0v) is 9.54. The van der Waals surface area contributed by atoms with E-state index in [1.807, 2.05) is 23.2 Å². The Balaban J connectivity index is 4.02. The lowest BCUT2D eigenvalue weighted by molar-refractivity contribution is 0.145. The Kier molecular flexibility index (Phi) is 7.22. The molecule has 0 aliphatic carbocycles. The third-order valence-electron chi connectivity index (χ3n) is 1.37. The number of ether oxygens (including phenoxy) is 1. The number of hydrogen-bond donors (Lipinski definition) is 0. The molecule has 0 saturated carbocycles. The van der Waals surface area contributed by atoms with Crippen LogP contribution in [0.3, 0.4) is 0 Å². The highest BCUT2D eigenvalue weighted by molar-refractivity contribution is 14.1. The van der Waals surface area contributed by atoms with Crippen LogP contribution < -0.4 is 0 Å². The molecule has 0 aliphatic heterocycles. The first-order valence-electron chi connectivity index (χ1n) is 3.66. The Morgan fingerprint density at radius 3 is 2.83 bits per heavy atom. The Labute approximate surface area is 88.0 Å². The van der Waals surface area contributed by atoms with Gasteiger partial charge in [0.05, 0.1) is 6.10 Å². The standard InChI is InChI=1S/C10H13IO/c1-4-5-10(12-3)7-6-9(2)8-11/h1,6-8,10H,5H2,2-3H3/b7-6+,9-8+/t10-/m1/s1. The molecule has 0 aromatic rings. The summed E-state index contributed by atoms with van der Waals surface area (Å²) in [6, 6.07) is 0. The van der Waals surface area contributed by atoms with E-state index in [2.05, 4.69) is 28.5 Å². The van der Waals surface area contributed by atoms with Gasteiger partial charge in [-0.1, -0.05) is 34.7 Å². The number of hydrogen-bond acceptors (Lipinski definition) is 1. The predicted molar refractivity (Wildman–Crippen MR) is 61.2 cm³/mol. The van der Waals surface area contributed by atoms with E-state index in [1.165, 1.54) is 5.57 Å². The summed E-state index contributed by atoms with van der Waals surface area (Å²) in [6.45, 7) is 2.03. The molecular weight excluding hydrogens is 263 g/mol. The number of rotatable bonds is 4. The fraction of sp³-hybridized carbons (Fsp3) is 0.400. The van der Waals surface area contributed by atoms with Crippen molar-refractivity contribution in [3.8, 4) is 12.3 Å². The van der Waals surface area contributed by atoms with Crippen LogP contribution in [0.2, 0.25) is 0 Å². The molecule has 0 rings (SSSR count). The minimum absolute atomic E-state index is 0.0429. The second-order valence-electron chi connectivity index (χ2n) is 2.39. The molecule has 0 aromatic heterocycles. The van der Waals surface area contributed by atoms with Gasteiger partial charge in [0.15, 0.2) is 0 Å². The van der Waals surface area contributed by atoms with Crippen molar-refractivity contribution in [3.05, 3.63) is 21.8 Å². The average molecular weight is 276 g/mol. The minimum atomic E-state index is 0.0429. The van der Waals surface area contributed by atoms with Gasteiger partial charge in [-0.15, -0.1) is 12.3 Å². The van der Waals surface area contributed by atoms with E-state index in [9.17, 15) is 0 Å². The molecule has 0 bridgehead atoms. The number of terminal acetylenes is 1. The van der Waals surface area contributed by atoms with Crippen molar-refractivity contribution in [2.24, 2.45) is 0 Å². The zero-order chi connectivity index (χ0) is 9.40. The smallest absolute Gasteiger partial charge is 0.0864 e. The molecule has 66 valence electrons. The molecule has 0 saturated heterocycles. The summed E-state index contributed by atoms with van der Waals surface area (Å²) in [5.74, 6) is 2.56. The molecule has 0 aromatic carbocycles. The quantitative estimate of drug-likeness (QED) is 0.436. The molecule has 0 amide bonds. The lowest BCUT2D eigenvalue weighted by Crippen LogP contribution is -2.04. The minimum Gasteiger partial charge on any atom is -0.376 e. The molecule has 0 fully saturated rings. The van der Waals surface area contributed by atoms with Gasteiger partial charge in [-0.2, -0.15) is 0 Å². The lowest BCUT2D eigenvalue weighted by Gasteiger charge is -2.05. The van der Waals surface area contributed by atoms with Crippen molar-refractivity contribution in [3.63, 3.8) is 0 Å². The van der Waals surface area contributed by atoms with E-state index in [1.54, 1.807) is 7.11 Å². The van der Waals surface area contributed by atoms with Gasteiger partial charge >= 0.3 is 0 Å². The van der Waals surface area contributed by atoms with Crippen molar-refractivity contribution in [1.82, 2.24) is 0 Å². The van der Waals surface area contributed by atoms with Crippen LogP contribution in [0.1, 0.15) is 13.3 Å². The van der Waals surface area contributed by atoms with E-state index in [-0.39, 0.29) is 6.10 Å². The summed E-state index contributed by atoms with van der Waals surface area (Å²) in [4.78, 5) is 0. The van der Waals surface area contributed by atoms with Crippen LogP contribution in [-0.4, -0.2) is 13.2 Å². The molecule has 0 radical (unpaired) electrons. The Bertz CT molecular complexity index is 210. The summed E-state index contributed by atoms with van der Waals surface area (Å²) in [5.41, 5.74) is 1.20. The first kappa shape index (κ1) is 11.7. The summed E-state index contributed by atoms with van der Waals surface area (Å²) in [6.07, 6.45) is 9.82. The van der Waals surface area contributed by atoms with E-state index >= 15 is 0 Å². The fourth-order valence-corrected chi connectivity index (χ4v) is 0.849. The average Bonchev–Trinajstić information content (AvgIpc) is 2.11. The van der Waals surface area contributed by atoms with Crippen molar-refractivity contribution in [2.75, 3.05) is 7.11 Å². The summed E-state index contributed by atoms with van der Waals surface area (Å²) < 4.78 is 7.14. The van der Waals surface area contributed by atoms with E-state index in [0.29, 0.717) is 6.42 Å². The lowest BCUT2D eigenvalue weighted by atomic mass is 10.2. The third kappa shape index (κ3) is 5.39. The van der Waals surface area contributed by atoms with Gasteiger partial charge in [-0.05, 0) is 16.6 Å². The largest absolute Gasteiger partial charge is 0.376 e. The van der Waals surface area contributed by atoms with Gasteiger partial charge in [0.1, 0.15) is 0 Å². The molecule has 2 heteroatoms. The van der Waals surface area contributed by atoms with Crippen LogP contribution in [0.5, 0.6) is 0 Å². The van der Waals surface area contributed by atoms with Crippen LogP contribution in [0.4, 0.5) is 0 Å². The Morgan fingerprint density at radius 2 is 2.42 bits per heavy atom. The van der Waals surface area contributed by atoms with Gasteiger partial charge in [-0.3, -0.25) is 0 Å². The van der Waals surface area contributed by atoms with Gasteiger partial charge < -0.3 is 4.74 Å². The number of halogens is 1. The summed E-state index contributed by atoms with van der Waals surface area (Å²) in [5, 5.41) is 0. The Hall–Kier alpha value is -0.270. The maximum atomic E-state index is 5.16. The van der Waals surface area contributed by atoms with Crippen LogP contribution >= 0.6 is 22.6 Å². The first-order valence-corrected chi connectivity index (χ1v) is 4.90. The zero-order valence-electron chi connectivity index (χ0n) is 7.38. The van der Waals surface area contributed by atoms with E-state index in [0.717, 1.165) is 0 Å². The molecular formula is C10H13IO. The van der Waals surface area contributed by atoms with Crippen molar-refractivity contribution in [1.29, 1.82) is 0 Å². The van der Waals surface area contributed by atoms with Gasteiger partial charge in [0.2, 0.25) is 0 Å². The fourth-order valence-electron chi connectivity index (χ4n) is 0.642. The molecule has 0 N–H and O–H groups in total. The topological polar surface area (TPSA) is 9.23 Å². The first-order chi connectivity index (χ1) is 5.74. The third-order valence-corrected chi connectivity index (χ3v) is 2.35. The second kappa shape index (κ2) is 7.38. The molecule has 0 unspecified atom stereocenters. The van der Waals surface area contributed by atoms with Crippen molar-refractivity contribution in [2.45, 2.75) is 19.4 Å². The van der Waals surface area contributed by atoms with Gasteiger partial charge in [-0.25, -0.2) is 0 Å². The molecule has 12 heavy (non-hydrogen) atoms. The second-order valence-corrected chi connectivity index (χ2v) is 3.02. The molecule has 0 spiro atoms. The normalized spacial score (nSPS) is 14.7. The van der Waals surface area contributed by atoms with Crippen LogP contribution in [0.25, 0.3) is 0 Å². The maximum Gasteiger partial charge on any atom is 0.0864 e. The number of methoxy groups -OCH3 is 1. The summed E-state index contributed by atoms with van der Waals surface area (Å²) >= 11 is 2.20. The maximum absolute atomic E-state index is 5.16. The van der Waals surface area contributed by atoms with E-state index < -0.39 is 0 Å². The highest BCUT2D eigenvalue weighted by Gasteiger charge is 1.97. The van der Waals surface area contributed by atoms with Gasteiger partial charge in [0, 0.05) is 13.5 Å².